The number of carbonyl (C=O) groups excluding carboxylic acids is 2. The molecule has 0 radical (unpaired) electrons. The van der Waals surface area contributed by atoms with E-state index < -0.39 is 5.24 Å². The Hall–Kier alpha value is -1.61. The number of hydrogen-bond donors (Lipinski definition) is 0. The van der Waals surface area contributed by atoms with Crippen LogP contribution in [0.25, 0.3) is 0 Å². The molecular weight excluding hydrogens is 396 g/mol. The molecule has 0 unspecified atom stereocenters. The van der Waals surface area contributed by atoms with Crippen LogP contribution in [0.15, 0.2) is 35.9 Å². The van der Waals surface area contributed by atoms with E-state index in [1.54, 1.807) is 6.92 Å². The van der Waals surface area contributed by atoms with E-state index in [1.807, 2.05) is 65.8 Å². The van der Waals surface area contributed by atoms with E-state index in [0.29, 0.717) is 12.2 Å². The molecule has 0 aliphatic carbocycles. The summed E-state index contributed by atoms with van der Waals surface area (Å²) in [4.78, 5) is 21.0. The lowest BCUT2D eigenvalue weighted by Gasteiger charge is -2.18. The smallest absolute Gasteiger partial charge is 0.310 e. The van der Waals surface area contributed by atoms with Crippen LogP contribution in [0.2, 0.25) is 0 Å². The number of rotatable bonds is 3. The lowest BCUT2D eigenvalue weighted by molar-refractivity contribution is -0.134. The van der Waals surface area contributed by atoms with E-state index in [1.165, 1.54) is 18.1 Å². The molecule has 0 aromatic heterocycles. The molecule has 30 heavy (non-hydrogen) atoms. The average Bonchev–Trinajstić information content (AvgIpc) is 2.64. The third-order valence-electron chi connectivity index (χ3n) is 2.64. The van der Waals surface area contributed by atoms with Crippen molar-refractivity contribution in [2.24, 2.45) is 0 Å². The van der Waals surface area contributed by atoms with Crippen LogP contribution < -0.4 is 4.74 Å². The molecular formula is C26H49ClO3. The van der Waals surface area contributed by atoms with Gasteiger partial charge >= 0.3 is 5.97 Å². The number of halogens is 1. The van der Waals surface area contributed by atoms with E-state index in [0.717, 1.165) is 5.57 Å². The second kappa shape index (κ2) is 25.4. The summed E-state index contributed by atoms with van der Waals surface area (Å²) in [7, 11) is 0. The Balaban J connectivity index is -0.000000117. The van der Waals surface area contributed by atoms with Gasteiger partial charge in [-0.1, -0.05) is 101 Å². The number of ether oxygens (including phenoxy) is 1. The number of esters is 1. The Labute approximate surface area is 193 Å². The van der Waals surface area contributed by atoms with Crippen LogP contribution in [-0.2, 0) is 15.0 Å². The third-order valence-corrected chi connectivity index (χ3v) is 2.75. The SMILES string of the molecule is C.CC.CC.CC(C)=CC(=O)Cl.CCC.CCC(=O)Oc1ccc(C(C)(C)C)cc1. The molecule has 0 aliphatic heterocycles. The van der Waals surface area contributed by atoms with Gasteiger partial charge in [0.05, 0.1) is 0 Å². The fraction of sp³-hybridized carbons (Fsp3) is 0.615. The zero-order chi connectivity index (χ0) is 24.0. The predicted octanol–water partition coefficient (Wildman–Crippen LogP) is 9.12. The first-order chi connectivity index (χ1) is 13.5. The molecule has 1 aromatic carbocycles. The number of carbonyl (C=O) groups is 2. The zero-order valence-electron chi connectivity index (χ0n) is 20.9. The van der Waals surface area contributed by atoms with Gasteiger partial charge in [0.1, 0.15) is 5.75 Å². The van der Waals surface area contributed by atoms with Crippen LogP contribution in [0.4, 0.5) is 0 Å². The quantitative estimate of drug-likeness (QED) is 0.202. The van der Waals surface area contributed by atoms with Crippen molar-refractivity contribution in [2.45, 2.75) is 109 Å². The van der Waals surface area contributed by atoms with Crippen LogP contribution in [0.1, 0.15) is 109 Å². The lowest BCUT2D eigenvalue weighted by Crippen LogP contribution is -2.11. The van der Waals surface area contributed by atoms with Crippen LogP contribution >= 0.6 is 11.6 Å². The lowest BCUT2D eigenvalue weighted by atomic mass is 9.87. The fourth-order valence-electron chi connectivity index (χ4n) is 1.45. The third kappa shape index (κ3) is 28.6. The summed E-state index contributed by atoms with van der Waals surface area (Å²) in [6.45, 7) is 24.1. The average molecular weight is 445 g/mol. The summed E-state index contributed by atoms with van der Waals surface area (Å²) in [5, 5.41) is -0.403. The van der Waals surface area contributed by atoms with Crippen molar-refractivity contribution in [2.75, 3.05) is 0 Å². The standard InChI is InChI=1S/C13H18O2.C5H7ClO.C3H8.2C2H6.CH4/c1-5-12(14)15-11-8-6-10(7-9-11)13(2,3)4;1-4(2)3-5(6)7;1-3-2;2*1-2;/h6-9H,5H2,1-4H3;3H,1-2H3;3H2,1-2H3;2*1-2H3;1H4. The summed E-state index contributed by atoms with van der Waals surface area (Å²) in [6.07, 6.45) is 3.03. The number of benzene rings is 1. The van der Waals surface area contributed by atoms with Crippen LogP contribution in [0.3, 0.4) is 0 Å². The van der Waals surface area contributed by atoms with Crippen molar-refractivity contribution >= 4 is 22.8 Å². The van der Waals surface area contributed by atoms with Crippen LogP contribution in [0, 0.1) is 0 Å². The van der Waals surface area contributed by atoms with Crippen molar-refractivity contribution in [3.8, 4) is 5.75 Å². The van der Waals surface area contributed by atoms with Crippen molar-refractivity contribution in [1.82, 2.24) is 0 Å². The summed E-state index contributed by atoms with van der Waals surface area (Å²) < 4.78 is 5.09. The van der Waals surface area contributed by atoms with Gasteiger partial charge in [-0.05, 0) is 54.6 Å². The molecule has 0 amide bonds. The highest BCUT2D eigenvalue weighted by Gasteiger charge is 2.13. The van der Waals surface area contributed by atoms with Gasteiger partial charge in [-0.3, -0.25) is 9.59 Å². The van der Waals surface area contributed by atoms with Crippen molar-refractivity contribution in [3.63, 3.8) is 0 Å². The van der Waals surface area contributed by atoms with Crippen molar-refractivity contribution < 1.29 is 14.3 Å². The van der Waals surface area contributed by atoms with Gasteiger partial charge in [0.15, 0.2) is 0 Å². The van der Waals surface area contributed by atoms with Gasteiger partial charge in [-0.25, -0.2) is 0 Å². The Bertz CT molecular complexity index is 534. The minimum absolute atomic E-state index is 0. The molecule has 0 saturated carbocycles. The first-order valence-electron chi connectivity index (χ1n) is 10.6. The maximum atomic E-state index is 11.0. The molecule has 0 saturated heterocycles. The summed E-state index contributed by atoms with van der Waals surface area (Å²) in [5.41, 5.74) is 2.30. The molecule has 0 heterocycles. The zero-order valence-corrected chi connectivity index (χ0v) is 21.7. The monoisotopic (exact) mass is 444 g/mol. The van der Waals surface area contributed by atoms with Gasteiger partial charge < -0.3 is 4.74 Å². The van der Waals surface area contributed by atoms with E-state index >= 15 is 0 Å². The van der Waals surface area contributed by atoms with Gasteiger partial charge in [-0.2, -0.15) is 0 Å². The summed E-state index contributed by atoms with van der Waals surface area (Å²) in [6, 6.07) is 7.68. The second-order valence-electron chi connectivity index (χ2n) is 6.83. The highest BCUT2D eigenvalue weighted by molar-refractivity contribution is 6.66. The maximum Gasteiger partial charge on any atom is 0.310 e. The number of allylic oxidation sites excluding steroid dienone is 2. The second-order valence-corrected chi connectivity index (χ2v) is 7.21. The van der Waals surface area contributed by atoms with E-state index in [-0.39, 0.29) is 18.8 Å². The first-order valence-corrected chi connectivity index (χ1v) is 11.0. The Morgan fingerprint density at radius 3 is 1.50 bits per heavy atom. The van der Waals surface area contributed by atoms with E-state index in [4.69, 9.17) is 16.3 Å². The molecule has 0 aliphatic rings. The highest BCUT2D eigenvalue weighted by Crippen LogP contribution is 2.24. The fourth-order valence-corrected chi connectivity index (χ4v) is 1.67. The molecule has 0 atom stereocenters. The van der Waals surface area contributed by atoms with Gasteiger partial charge in [0.2, 0.25) is 5.24 Å². The molecule has 0 N–H and O–H groups in total. The Morgan fingerprint density at radius 2 is 1.30 bits per heavy atom. The molecule has 0 fully saturated rings. The molecule has 3 nitrogen and oxygen atoms in total. The number of hydrogen-bond acceptors (Lipinski definition) is 3. The minimum atomic E-state index is -0.403. The molecule has 178 valence electrons. The van der Waals surface area contributed by atoms with Crippen LogP contribution in [0.5, 0.6) is 5.75 Å². The van der Waals surface area contributed by atoms with Crippen molar-refractivity contribution in [3.05, 3.63) is 41.5 Å². The van der Waals surface area contributed by atoms with Gasteiger partial charge in [0, 0.05) is 6.42 Å². The topological polar surface area (TPSA) is 43.4 Å². The van der Waals surface area contributed by atoms with Crippen molar-refractivity contribution in [1.29, 1.82) is 0 Å². The molecule has 1 aromatic rings. The molecule has 1 rings (SSSR count). The largest absolute Gasteiger partial charge is 0.427 e. The molecule has 4 heteroatoms. The van der Waals surface area contributed by atoms with E-state index in [2.05, 4.69) is 34.6 Å². The van der Waals surface area contributed by atoms with E-state index in [9.17, 15) is 9.59 Å². The minimum Gasteiger partial charge on any atom is -0.427 e. The Kier molecular flexibility index (Phi) is 33.0. The first kappa shape index (κ1) is 38.9. The summed E-state index contributed by atoms with van der Waals surface area (Å²) >= 11 is 4.96. The maximum absolute atomic E-state index is 11.0. The summed E-state index contributed by atoms with van der Waals surface area (Å²) in [5.74, 6) is 0.424. The van der Waals surface area contributed by atoms with Gasteiger partial charge in [0.25, 0.3) is 0 Å². The van der Waals surface area contributed by atoms with Gasteiger partial charge in [-0.15, -0.1) is 0 Å². The molecule has 0 spiro atoms. The molecule has 0 bridgehead atoms. The normalized spacial score (nSPS) is 8.43. The van der Waals surface area contributed by atoms with Crippen LogP contribution in [-0.4, -0.2) is 11.2 Å². The Morgan fingerprint density at radius 1 is 0.933 bits per heavy atom. The predicted molar refractivity (Wildman–Crippen MR) is 137 cm³/mol. The highest BCUT2D eigenvalue weighted by atomic mass is 35.5.